The Hall–Kier alpha value is 0.270. The summed E-state index contributed by atoms with van der Waals surface area (Å²) in [5, 5.41) is 3.84. The van der Waals surface area contributed by atoms with E-state index < -0.39 is 0 Å². The molecule has 18 heavy (non-hydrogen) atoms. The van der Waals surface area contributed by atoms with Crippen LogP contribution in [0.4, 0.5) is 0 Å². The maximum atomic E-state index is 3.84. The summed E-state index contributed by atoms with van der Waals surface area (Å²) in [6.07, 6.45) is 8.57. The van der Waals surface area contributed by atoms with Crippen LogP contribution in [0, 0.1) is 5.92 Å². The standard InChI is InChI=1S/C15H30N2S/c1-3-8-16-14(11-13-6-4-5-7-13)15-12-18-10-9-17(15)2/h13-16H,3-12H2,1-2H3. The molecule has 1 heterocycles. The number of nitrogens with zero attached hydrogens (tertiary/aromatic N) is 1. The molecule has 2 rings (SSSR count). The molecule has 0 spiro atoms. The zero-order valence-electron chi connectivity index (χ0n) is 12.2. The summed E-state index contributed by atoms with van der Waals surface area (Å²) in [7, 11) is 2.32. The lowest BCUT2D eigenvalue weighted by Gasteiger charge is -2.39. The predicted octanol–water partition coefficient (Wildman–Crippen LogP) is 2.98. The average molecular weight is 270 g/mol. The van der Waals surface area contributed by atoms with E-state index in [2.05, 4.69) is 35.9 Å². The Morgan fingerprint density at radius 2 is 2.11 bits per heavy atom. The number of nitrogens with one attached hydrogen (secondary N) is 1. The molecule has 106 valence electrons. The predicted molar refractivity (Wildman–Crippen MR) is 82.4 cm³/mol. The number of hydrogen-bond donors (Lipinski definition) is 1. The third-order valence-electron chi connectivity index (χ3n) is 4.63. The van der Waals surface area contributed by atoms with E-state index in [1.807, 2.05) is 0 Å². The summed E-state index contributed by atoms with van der Waals surface area (Å²) in [6, 6.07) is 1.49. The van der Waals surface area contributed by atoms with Crippen LogP contribution in [0.1, 0.15) is 45.4 Å². The highest BCUT2D eigenvalue weighted by Crippen LogP contribution is 2.31. The van der Waals surface area contributed by atoms with Crippen molar-refractivity contribution in [1.82, 2.24) is 10.2 Å². The third-order valence-corrected chi connectivity index (χ3v) is 5.67. The van der Waals surface area contributed by atoms with Gasteiger partial charge < -0.3 is 10.2 Å². The molecule has 0 aromatic rings. The van der Waals surface area contributed by atoms with Gasteiger partial charge in [0.25, 0.3) is 0 Å². The van der Waals surface area contributed by atoms with Crippen molar-refractivity contribution < 1.29 is 0 Å². The van der Waals surface area contributed by atoms with E-state index in [1.165, 1.54) is 63.1 Å². The van der Waals surface area contributed by atoms with Gasteiger partial charge in [0.15, 0.2) is 0 Å². The maximum absolute atomic E-state index is 3.84. The first-order valence-corrected chi connectivity index (χ1v) is 8.98. The Kier molecular flexibility index (Phi) is 6.33. The molecule has 1 aliphatic carbocycles. The van der Waals surface area contributed by atoms with Crippen LogP contribution in [-0.4, -0.2) is 48.6 Å². The minimum atomic E-state index is 0.728. The lowest BCUT2D eigenvalue weighted by Crippen LogP contribution is -2.53. The van der Waals surface area contributed by atoms with Crippen molar-refractivity contribution in [3.05, 3.63) is 0 Å². The SMILES string of the molecule is CCCNC(CC1CCCC1)C1CSCCN1C. The summed E-state index contributed by atoms with van der Waals surface area (Å²) in [4.78, 5) is 2.60. The highest BCUT2D eigenvalue weighted by atomic mass is 32.2. The zero-order valence-corrected chi connectivity index (χ0v) is 13.0. The van der Waals surface area contributed by atoms with Gasteiger partial charge in [-0.2, -0.15) is 11.8 Å². The number of rotatable bonds is 6. The van der Waals surface area contributed by atoms with E-state index in [0.29, 0.717) is 0 Å². The van der Waals surface area contributed by atoms with E-state index in [4.69, 9.17) is 0 Å². The van der Waals surface area contributed by atoms with Gasteiger partial charge >= 0.3 is 0 Å². The molecule has 2 atom stereocenters. The Morgan fingerprint density at radius 1 is 1.33 bits per heavy atom. The normalized spacial score (nSPS) is 28.7. The molecule has 2 fully saturated rings. The smallest absolute Gasteiger partial charge is 0.0337 e. The second-order valence-corrected chi connectivity index (χ2v) is 7.22. The fourth-order valence-electron chi connectivity index (χ4n) is 3.44. The Morgan fingerprint density at radius 3 is 2.78 bits per heavy atom. The van der Waals surface area contributed by atoms with Crippen molar-refractivity contribution in [3.8, 4) is 0 Å². The van der Waals surface area contributed by atoms with Gasteiger partial charge in [-0.25, -0.2) is 0 Å². The fourth-order valence-corrected chi connectivity index (χ4v) is 4.75. The molecule has 0 bridgehead atoms. The lowest BCUT2D eigenvalue weighted by molar-refractivity contribution is 0.194. The molecule has 2 unspecified atom stereocenters. The van der Waals surface area contributed by atoms with Crippen LogP contribution in [0.3, 0.4) is 0 Å². The summed E-state index contributed by atoms with van der Waals surface area (Å²) < 4.78 is 0. The lowest BCUT2D eigenvalue weighted by atomic mass is 9.93. The maximum Gasteiger partial charge on any atom is 0.0337 e. The number of thioether (sulfide) groups is 1. The molecule has 0 radical (unpaired) electrons. The Labute approximate surface area is 117 Å². The molecular weight excluding hydrogens is 240 g/mol. The van der Waals surface area contributed by atoms with Gasteiger partial charge in [0, 0.05) is 30.1 Å². The first kappa shape index (κ1) is 14.7. The Bertz CT molecular complexity index is 229. The van der Waals surface area contributed by atoms with Crippen LogP contribution in [0.15, 0.2) is 0 Å². The molecule has 0 amide bonds. The average Bonchev–Trinajstić information content (AvgIpc) is 2.88. The molecule has 1 aliphatic heterocycles. The molecule has 0 aromatic carbocycles. The molecule has 2 nitrogen and oxygen atoms in total. The molecular formula is C15H30N2S. The minimum absolute atomic E-state index is 0.728. The van der Waals surface area contributed by atoms with Crippen molar-refractivity contribution in [1.29, 1.82) is 0 Å². The summed E-state index contributed by atoms with van der Waals surface area (Å²) in [5.41, 5.74) is 0. The van der Waals surface area contributed by atoms with E-state index in [0.717, 1.165) is 18.0 Å². The van der Waals surface area contributed by atoms with E-state index >= 15 is 0 Å². The monoisotopic (exact) mass is 270 g/mol. The highest BCUT2D eigenvalue weighted by molar-refractivity contribution is 7.99. The van der Waals surface area contributed by atoms with Crippen LogP contribution in [0.25, 0.3) is 0 Å². The van der Waals surface area contributed by atoms with Gasteiger partial charge in [-0.3, -0.25) is 0 Å². The van der Waals surface area contributed by atoms with Gasteiger partial charge in [0.2, 0.25) is 0 Å². The van der Waals surface area contributed by atoms with E-state index in [1.54, 1.807) is 0 Å². The topological polar surface area (TPSA) is 15.3 Å². The molecule has 3 heteroatoms. The second kappa shape index (κ2) is 7.76. The van der Waals surface area contributed by atoms with Crippen LogP contribution >= 0.6 is 11.8 Å². The first-order chi connectivity index (χ1) is 8.81. The molecule has 2 aliphatic rings. The molecule has 1 saturated carbocycles. The van der Waals surface area contributed by atoms with Gasteiger partial charge in [-0.05, 0) is 32.4 Å². The first-order valence-electron chi connectivity index (χ1n) is 7.82. The fraction of sp³-hybridized carbons (Fsp3) is 1.00. The minimum Gasteiger partial charge on any atom is -0.312 e. The van der Waals surface area contributed by atoms with Gasteiger partial charge in [0.1, 0.15) is 0 Å². The highest BCUT2D eigenvalue weighted by Gasteiger charge is 2.30. The van der Waals surface area contributed by atoms with Crippen LogP contribution < -0.4 is 5.32 Å². The van der Waals surface area contributed by atoms with E-state index in [-0.39, 0.29) is 0 Å². The van der Waals surface area contributed by atoms with Crippen molar-refractivity contribution in [3.63, 3.8) is 0 Å². The second-order valence-electron chi connectivity index (χ2n) is 6.07. The quantitative estimate of drug-likeness (QED) is 0.799. The van der Waals surface area contributed by atoms with Crippen LogP contribution in [0.2, 0.25) is 0 Å². The number of hydrogen-bond acceptors (Lipinski definition) is 3. The van der Waals surface area contributed by atoms with Crippen molar-refractivity contribution in [2.75, 3.05) is 31.6 Å². The van der Waals surface area contributed by atoms with Crippen molar-refractivity contribution in [2.24, 2.45) is 5.92 Å². The van der Waals surface area contributed by atoms with Gasteiger partial charge in [-0.15, -0.1) is 0 Å². The molecule has 1 saturated heterocycles. The van der Waals surface area contributed by atoms with Gasteiger partial charge in [0.05, 0.1) is 0 Å². The van der Waals surface area contributed by atoms with Crippen molar-refractivity contribution in [2.45, 2.75) is 57.5 Å². The van der Waals surface area contributed by atoms with Gasteiger partial charge in [-0.1, -0.05) is 32.6 Å². The summed E-state index contributed by atoms with van der Waals surface area (Å²) in [5.74, 6) is 3.64. The van der Waals surface area contributed by atoms with E-state index in [9.17, 15) is 0 Å². The largest absolute Gasteiger partial charge is 0.312 e. The van der Waals surface area contributed by atoms with Crippen LogP contribution in [0.5, 0.6) is 0 Å². The zero-order chi connectivity index (χ0) is 12.8. The Balaban J connectivity index is 1.89. The van der Waals surface area contributed by atoms with Crippen molar-refractivity contribution >= 4 is 11.8 Å². The summed E-state index contributed by atoms with van der Waals surface area (Å²) in [6.45, 7) is 4.73. The molecule has 0 aromatic heterocycles. The number of likely N-dealkylation sites (N-methyl/N-ethyl adjacent to an activating group) is 1. The third kappa shape index (κ3) is 4.14. The molecule has 1 N–H and O–H groups in total. The summed E-state index contributed by atoms with van der Waals surface area (Å²) >= 11 is 2.14. The van der Waals surface area contributed by atoms with Crippen LogP contribution in [-0.2, 0) is 0 Å².